The van der Waals surface area contributed by atoms with Crippen molar-refractivity contribution >= 4 is 18.5 Å². The first-order chi connectivity index (χ1) is 7.03. The maximum absolute atomic E-state index is 11.3. The van der Waals surface area contributed by atoms with E-state index in [1.54, 1.807) is 23.6 Å². The summed E-state index contributed by atoms with van der Waals surface area (Å²) in [6.07, 6.45) is 0. The van der Waals surface area contributed by atoms with Gasteiger partial charge in [0.25, 0.3) is 0 Å². The highest BCUT2D eigenvalue weighted by Gasteiger charge is 2.49. The largest absolute Gasteiger partial charge is 0.367 e. The Bertz CT molecular complexity index is 384. The van der Waals surface area contributed by atoms with Gasteiger partial charge < -0.3 is 0 Å². The zero-order valence-corrected chi connectivity index (χ0v) is 8.48. The van der Waals surface area contributed by atoms with Crippen LogP contribution in [0.2, 0.25) is 0 Å². The SMILES string of the molecule is NNC(=O)C(S)(c1ccccc1)[N+](=O)[O-]. The van der Waals surface area contributed by atoms with Crippen LogP contribution < -0.4 is 11.3 Å². The van der Waals surface area contributed by atoms with Crippen LogP contribution in [0.15, 0.2) is 30.3 Å². The second-order valence-electron chi connectivity index (χ2n) is 2.77. The van der Waals surface area contributed by atoms with E-state index in [9.17, 15) is 14.9 Å². The van der Waals surface area contributed by atoms with Crippen molar-refractivity contribution in [1.29, 1.82) is 0 Å². The molecule has 0 aliphatic carbocycles. The zero-order chi connectivity index (χ0) is 11.5. The molecule has 0 saturated carbocycles. The third-order valence-corrected chi connectivity index (χ3v) is 2.51. The number of hydrogen-bond donors (Lipinski definition) is 3. The minimum absolute atomic E-state index is 0.154. The number of nitrogens with zero attached hydrogens (tertiary/aromatic N) is 1. The van der Waals surface area contributed by atoms with Crippen LogP contribution in [-0.4, -0.2) is 10.8 Å². The number of benzene rings is 1. The number of nitro groups is 1. The van der Waals surface area contributed by atoms with Crippen LogP contribution in [0.4, 0.5) is 0 Å². The van der Waals surface area contributed by atoms with Crippen LogP contribution in [0.25, 0.3) is 0 Å². The lowest BCUT2D eigenvalue weighted by Crippen LogP contribution is -2.48. The highest BCUT2D eigenvalue weighted by atomic mass is 32.1. The van der Waals surface area contributed by atoms with Gasteiger partial charge in [0.15, 0.2) is 0 Å². The van der Waals surface area contributed by atoms with Crippen molar-refractivity contribution in [3.63, 3.8) is 0 Å². The van der Waals surface area contributed by atoms with E-state index in [0.717, 1.165) is 0 Å². The Morgan fingerprint density at radius 2 is 2.00 bits per heavy atom. The van der Waals surface area contributed by atoms with Gasteiger partial charge in [-0.25, -0.2) is 5.84 Å². The molecular formula is C8H9N3O3S. The molecule has 3 N–H and O–H groups in total. The van der Waals surface area contributed by atoms with E-state index in [1.165, 1.54) is 12.1 Å². The number of hydrazine groups is 1. The average Bonchev–Trinajstić information content (AvgIpc) is 2.27. The lowest BCUT2D eigenvalue weighted by Gasteiger charge is -2.17. The summed E-state index contributed by atoms with van der Waals surface area (Å²) in [6.45, 7) is 0. The molecule has 80 valence electrons. The molecule has 0 fully saturated rings. The summed E-state index contributed by atoms with van der Waals surface area (Å²) in [5, 5.41) is 10.8. The highest BCUT2D eigenvalue weighted by molar-refractivity contribution is 7.82. The topological polar surface area (TPSA) is 98.3 Å². The maximum Gasteiger partial charge on any atom is 0.367 e. The molecule has 0 aliphatic rings. The first-order valence-corrected chi connectivity index (χ1v) is 4.41. The van der Waals surface area contributed by atoms with Gasteiger partial charge in [-0.3, -0.25) is 20.3 Å². The fraction of sp³-hybridized carbons (Fsp3) is 0.125. The first kappa shape index (κ1) is 11.5. The smallest absolute Gasteiger partial charge is 0.287 e. The molecule has 1 aromatic rings. The minimum atomic E-state index is -2.16. The molecule has 0 radical (unpaired) electrons. The minimum Gasteiger partial charge on any atom is -0.287 e. The number of nitrogens with one attached hydrogen (secondary N) is 1. The van der Waals surface area contributed by atoms with Gasteiger partial charge in [0.2, 0.25) is 0 Å². The van der Waals surface area contributed by atoms with Gasteiger partial charge >= 0.3 is 10.8 Å². The molecule has 1 rings (SSSR count). The summed E-state index contributed by atoms with van der Waals surface area (Å²) in [6, 6.07) is 7.70. The van der Waals surface area contributed by atoms with Crippen LogP contribution in [0.3, 0.4) is 0 Å². The van der Waals surface area contributed by atoms with Crippen molar-refractivity contribution in [2.45, 2.75) is 4.87 Å². The fourth-order valence-electron chi connectivity index (χ4n) is 1.09. The van der Waals surface area contributed by atoms with Gasteiger partial charge in [0, 0.05) is 5.56 Å². The molecule has 15 heavy (non-hydrogen) atoms. The monoisotopic (exact) mass is 227 g/mol. The van der Waals surface area contributed by atoms with Gasteiger partial charge in [0.1, 0.15) is 0 Å². The first-order valence-electron chi connectivity index (χ1n) is 3.97. The second kappa shape index (κ2) is 4.28. The summed E-state index contributed by atoms with van der Waals surface area (Å²) >= 11 is 3.79. The van der Waals surface area contributed by atoms with Crippen molar-refractivity contribution in [3.05, 3.63) is 46.0 Å². The van der Waals surface area contributed by atoms with Crippen LogP contribution in [0.1, 0.15) is 5.56 Å². The molecule has 0 saturated heterocycles. The third kappa shape index (κ3) is 1.92. The predicted molar refractivity (Wildman–Crippen MR) is 56.4 cm³/mol. The Hall–Kier alpha value is -1.60. The van der Waals surface area contributed by atoms with Crippen LogP contribution in [0.5, 0.6) is 0 Å². The summed E-state index contributed by atoms with van der Waals surface area (Å²) in [7, 11) is 0. The molecule has 1 atom stereocenters. The van der Waals surface area contributed by atoms with Crippen LogP contribution >= 0.6 is 12.6 Å². The Balaban J connectivity index is 3.25. The molecule has 1 aromatic carbocycles. The Morgan fingerprint density at radius 3 is 2.40 bits per heavy atom. The molecule has 1 unspecified atom stereocenters. The summed E-state index contributed by atoms with van der Waals surface area (Å²) in [5.74, 6) is 3.90. The Kier molecular flexibility index (Phi) is 3.28. The number of nitrogens with two attached hydrogens (primary N) is 1. The quantitative estimate of drug-likeness (QED) is 0.169. The summed E-state index contributed by atoms with van der Waals surface area (Å²) < 4.78 is 0. The van der Waals surface area contributed by atoms with E-state index >= 15 is 0 Å². The molecule has 0 aromatic heterocycles. The highest BCUT2D eigenvalue weighted by Crippen LogP contribution is 2.28. The number of thiol groups is 1. The number of amides is 1. The molecule has 0 spiro atoms. The molecule has 0 heterocycles. The Morgan fingerprint density at radius 1 is 1.47 bits per heavy atom. The molecular weight excluding hydrogens is 218 g/mol. The maximum atomic E-state index is 11.3. The van der Waals surface area contributed by atoms with Gasteiger partial charge in [0.05, 0.1) is 4.92 Å². The van der Waals surface area contributed by atoms with Crippen molar-refractivity contribution in [3.8, 4) is 0 Å². The van der Waals surface area contributed by atoms with E-state index in [2.05, 4.69) is 12.6 Å². The molecule has 7 heteroatoms. The van der Waals surface area contributed by atoms with E-state index in [1.807, 2.05) is 0 Å². The van der Waals surface area contributed by atoms with E-state index < -0.39 is 15.7 Å². The summed E-state index contributed by atoms with van der Waals surface area (Å²) in [4.78, 5) is 19.2. The molecule has 0 bridgehead atoms. The third-order valence-electron chi connectivity index (χ3n) is 1.89. The fourth-order valence-corrected chi connectivity index (χ4v) is 1.30. The normalized spacial score (nSPS) is 14.0. The lowest BCUT2D eigenvalue weighted by atomic mass is 10.1. The summed E-state index contributed by atoms with van der Waals surface area (Å²) in [5.41, 5.74) is 1.88. The molecule has 1 amide bonds. The van der Waals surface area contributed by atoms with E-state index in [0.29, 0.717) is 0 Å². The van der Waals surface area contributed by atoms with Gasteiger partial charge in [-0.15, -0.1) is 0 Å². The van der Waals surface area contributed by atoms with Gasteiger partial charge in [-0.1, -0.05) is 43.0 Å². The van der Waals surface area contributed by atoms with Crippen molar-refractivity contribution in [2.24, 2.45) is 5.84 Å². The number of carbonyl (C=O) groups excluding carboxylic acids is 1. The zero-order valence-electron chi connectivity index (χ0n) is 7.58. The number of rotatable bonds is 3. The predicted octanol–water partition coefficient (Wildman–Crippen LogP) is 0.0358. The van der Waals surface area contributed by atoms with E-state index in [4.69, 9.17) is 5.84 Å². The Labute approximate surface area is 91.0 Å². The van der Waals surface area contributed by atoms with Crippen LogP contribution in [-0.2, 0) is 9.67 Å². The van der Waals surface area contributed by atoms with Gasteiger partial charge in [-0.05, 0) is 0 Å². The number of hydrogen-bond acceptors (Lipinski definition) is 5. The molecule has 6 nitrogen and oxygen atoms in total. The van der Waals surface area contributed by atoms with Crippen molar-refractivity contribution in [1.82, 2.24) is 5.43 Å². The number of carbonyl (C=O) groups is 1. The van der Waals surface area contributed by atoms with Crippen molar-refractivity contribution in [2.75, 3.05) is 0 Å². The van der Waals surface area contributed by atoms with Crippen LogP contribution in [0, 0.1) is 10.1 Å². The molecule has 0 aliphatic heterocycles. The van der Waals surface area contributed by atoms with Gasteiger partial charge in [-0.2, -0.15) is 0 Å². The average molecular weight is 227 g/mol. The van der Waals surface area contributed by atoms with E-state index in [-0.39, 0.29) is 5.56 Å². The standard InChI is InChI=1S/C8H9N3O3S/c9-10-7(12)8(15,11(13)14)6-4-2-1-3-5-6/h1-5,15H,9H2,(H,10,12). The second-order valence-corrected chi connectivity index (χ2v) is 3.42. The van der Waals surface area contributed by atoms with Crippen molar-refractivity contribution < 1.29 is 9.72 Å². The lowest BCUT2D eigenvalue weighted by molar-refractivity contribution is -0.529.